The Morgan fingerprint density at radius 3 is 2.93 bits per heavy atom. The predicted octanol–water partition coefficient (Wildman–Crippen LogP) is 2.43. The van der Waals surface area contributed by atoms with Gasteiger partial charge in [0.2, 0.25) is 0 Å². The Bertz CT molecular complexity index is 616. The van der Waals surface area contributed by atoms with Gasteiger partial charge < -0.3 is 4.98 Å². The van der Waals surface area contributed by atoms with Gasteiger partial charge >= 0.3 is 0 Å². The van der Waals surface area contributed by atoms with Gasteiger partial charge in [0, 0.05) is 17.3 Å². The number of nitrogens with zero attached hydrogens (tertiary/aromatic N) is 2. The van der Waals surface area contributed by atoms with Crippen molar-refractivity contribution in [3.05, 3.63) is 35.8 Å². The van der Waals surface area contributed by atoms with Gasteiger partial charge in [0.05, 0.1) is 5.69 Å². The van der Waals surface area contributed by atoms with Crippen molar-refractivity contribution in [1.29, 1.82) is 0 Å². The summed E-state index contributed by atoms with van der Waals surface area (Å²) in [5, 5.41) is 1.22. The molecule has 3 rings (SSSR count). The van der Waals surface area contributed by atoms with Crippen molar-refractivity contribution in [2.45, 2.75) is 13.8 Å². The molecule has 3 heteroatoms. The van der Waals surface area contributed by atoms with E-state index in [9.17, 15) is 0 Å². The Balaban J connectivity index is 2.66. The van der Waals surface area contributed by atoms with E-state index in [4.69, 9.17) is 0 Å². The SMILES string of the molecule is Cc1nc2ccc3cc[nH]c3n2c1C. The van der Waals surface area contributed by atoms with Crippen LogP contribution in [0.3, 0.4) is 0 Å². The zero-order chi connectivity index (χ0) is 9.71. The van der Waals surface area contributed by atoms with Gasteiger partial charge in [-0.15, -0.1) is 0 Å². The minimum atomic E-state index is 1.01. The number of imidazole rings is 1. The molecule has 0 atom stereocenters. The molecule has 1 N–H and O–H groups in total. The first-order valence-corrected chi connectivity index (χ1v) is 4.69. The average molecular weight is 185 g/mol. The van der Waals surface area contributed by atoms with Crippen LogP contribution in [0.2, 0.25) is 0 Å². The van der Waals surface area contributed by atoms with Gasteiger partial charge in [-0.05, 0) is 32.0 Å². The molecule has 0 aliphatic rings. The highest BCUT2D eigenvalue weighted by molar-refractivity contribution is 5.79. The number of aromatic amines is 1. The number of aryl methyl sites for hydroxylation is 2. The fourth-order valence-electron chi connectivity index (χ4n) is 1.90. The fraction of sp³-hybridized carbons (Fsp3) is 0.182. The first kappa shape index (κ1) is 7.62. The predicted molar refractivity (Wildman–Crippen MR) is 56.5 cm³/mol. The first-order valence-electron chi connectivity index (χ1n) is 4.69. The van der Waals surface area contributed by atoms with Crippen molar-refractivity contribution in [2.75, 3.05) is 0 Å². The zero-order valence-electron chi connectivity index (χ0n) is 8.20. The van der Waals surface area contributed by atoms with Crippen LogP contribution in [0.15, 0.2) is 24.4 Å². The van der Waals surface area contributed by atoms with Crippen LogP contribution in [0.4, 0.5) is 0 Å². The highest BCUT2D eigenvalue weighted by atomic mass is 15.1. The van der Waals surface area contributed by atoms with Crippen LogP contribution < -0.4 is 0 Å². The van der Waals surface area contributed by atoms with Gasteiger partial charge in [-0.3, -0.25) is 4.40 Å². The molecule has 0 bridgehead atoms. The topological polar surface area (TPSA) is 33.1 Å². The lowest BCUT2D eigenvalue weighted by Gasteiger charge is -1.98. The molecule has 0 saturated carbocycles. The molecular weight excluding hydrogens is 174 g/mol. The largest absolute Gasteiger partial charge is 0.347 e. The normalized spacial score (nSPS) is 11.6. The molecule has 3 aromatic heterocycles. The summed E-state index contributed by atoms with van der Waals surface area (Å²) >= 11 is 0. The number of hydrogen-bond acceptors (Lipinski definition) is 1. The molecule has 14 heavy (non-hydrogen) atoms. The summed E-state index contributed by atoms with van der Waals surface area (Å²) < 4.78 is 2.16. The second kappa shape index (κ2) is 2.38. The molecule has 0 aliphatic heterocycles. The lowest BCUT2D eigenvalue weighted by atomic mass is 10.3. The standard InChI is InChI=1S/C11H11N3/c1-7-8(2)14-10(13-7)4-3-9-5-6-12-11(9)14/h3-6,12H,1-2H3. The summed E-state index contributed by atoms with van der Waals surface area (Å²) in [4.78, 5) is 7.73. The average Bonchev–Trinajstić information content (AvgIpc) is 2.72. The van der Waals surface area contributed by atoms with Gasteiger partial charge in [-0.1, -0.05) is 0 Å². The summed E-state index contributed by atoms with van der Waals surface area (Å²) in [6.07, 6.45) is 1.96. The molecule has 0 unspecified atom stereocenters. The Morgan fingerprint density at radius 1 is 1.21 bits per heavy atom. The molecule has 3 heterocycles. The molecule has 3 aromatic rings. The van der Waals surface area contributed by atoms with Crippen molar-refractivity contribution < 1.29 is 0 Å². The van der Waals surface area contributed by atoms with Crippen LogP contribution in [-0.4, -0.2) is 14.4 Å². The number of hydrogen-bond donors (Lipinski definition) is 1. The van der Waals surface area contributed by atoms with E-state index in [1.54, 1.807) is 0 Å². The van der Waals surface area contributed by atoms with E-state index in [1.807, 2.05) is 13.1 Å². The van der Waals surface area contributed by atoms with Crippen molar-refractivity contribution in [3.8, 4) is 0 Å². The number of H-pyrrole nitrogens is 1. The summed E-state index contributed by atoms with van der Waals surface area (Å²) in [6, 6.07) is 6.22. The van der Waals surface area contributed by atoms with E-state index in [-0.39, 0.29) is 0 Å². The number of pyridine rings is 1. The monoisotopic (exact) mass is 185 g/mol. The van der Waals surface area contributed by atoms with Crippen molar-refractivity contribution >= 4 is 16.7 Å². The molecule has 0 aromatic carbocycles. The zero-order valence-corrected chi connectivity index (χ0v) is 8.20. The van der Waals surface area contributed by atoms with Gasteiger partial charge in [-0.25, -0.2) is 4.98 Å². The van der Waals surface area contributed by atoms with E-state index >= 15 is 0 Å². The Kier molecular flexibility index (Phi) is 1.29. The molecule has 0 spiro atoms. The lowest BCUT2D eigenvalue weighted by Crippen LogP contribution is -1.89. The molecular formula is C11H11N3. The van der Waals surface area contributed by atoms with E-state index in [2.05, 4.69) is 39.5 Å². The van der Waals surface area contributed by atoms with Gasteiger partial charge in [0.15, 0.2) is 0 Å². The fourth-order valence-corrected chi connectivity index (χ4v) is 1.90. The van der Waals surface area contributed by atoms with E-state index in [0.717, 1.165) is 17.0 Å². The third-order valence-corrected chi connectivity index (χ3v) is 2.76. The molecule has 0 fully saturated rings. The van der Waals surface area contributed by atoms with Crippen LogP contribution in [0.25, 0.3) is 16.7 Å². The van der Waals surface area contributed by atoms with E-state index in [0.29, 0.717) is 0 Å². The quantitative estimate of drug-likeness (QED) is 0.573. The second-order valence-electron chi connectivity index (χ2n) is 3.59. The van der Waals surface area contributed by atoms with Gasteiger partial charge in [0.25, 0.3) is 0 Å². The number of rotatable bonds is 0. The van der Waals surface area contributed by atoms with Crippen LogP contribution in [0.5, 0.6) is 0 Å². The molecule has 0 saturated heterocycles. The minimum absolute atomic E-state index is 1.01. The van der Waals surface area contributed by atoms with Gasteiger partial charge in [0.1, 0.15) is 11.3 Å². The highest BCUT2D eigenvalue weighted by Gasteiger charge is 2.07. The maximum Gasteiger partial charge on any atom is 0.138 e. The van der Waals surface area contributed by atoms with Crippen molar-refractivity contribution in [2.24, 2.45) is 0 Å². The molecule has 70 valence electrons. The molecule has 0 amide bonds. The first-order chi connectivity index (χ1) is 6.77. The Labute approximate surface area is 81.4 Å². The Hall–Kier alpha value is -1.77. The summed E-state index contributed by atoms with van der Waals surface area (Å²) in [7, 11) is 0. The number of aromatic nitrogens is 3. The molecule has 0 aliphatic carbocycles. The third kappa shape index (κ3) is 0.789. The third-order valence-electron chi connectivity index (χ3n) is 2.76. The van der Waals surface area contributed by atoms with Crippen molar-refractivity contribution in [1.82, 2.24) is 14.4 Å². The highest BCUT2D eigenvalue weighted by Crippen LogP contribution is 2.18. The second-order valence-corrected chi connectivity index (χ2v) is 3.59. The van der Waals surface area contributed by atoms with Crippen LogP contribution in [-0.2, 0) is 0 Å². The maximum atomic E-state index is 4.49. The molecule has 0 radical (unpaired) electrons. The molecule has 3 nitrogen and oxygen atoms in total. The number of nitrogens with one attached hydrogen (secondary N) is 1. The lowest BCUT2D eigenvalue weighted by molar-refractivity contribution is 1.12. The smallest absolute Gasteiger partial charge is 0.138 e. The summed E-state index contributed by atoms with van der Waals surface area (Å²) in [5.74, 6) is 0. The van der Waals surface area contributed by atoms with Crippen LogP contribution >= 0.6 is 0 Å². The summed E-state index contributed by atoms with van der Waals surface area (Å²) in [6.45, 7) is 4.13. The van der Waals surface area contributed by atoms with Gasteiger partial charge in [-0.2, -0.15) is 0 Å². The maximum absolute atomic E-state index is 4.49. The van der Waals surface area contributed by atoms with Crippen LogP contribution in [0.1, 0.15) is 11.4 Å². The number of fused-ring (bicyclic) bond motifs is 3. The Morgan fingerprint density at radius 2 is 2.07 bits per heavy atom. The minimum Gasteiger partial charge on any atom is -0.347 e. The van der Waals surface area contributed by atoms with Crippen LogP contribution in [0, 0.1) is 13.8 Å². The van der Waals surface area contributed by atoms with E-state index in [1.165, 1.54) is 11.1 Å². The summed E-state index contributed by atoms with van der Waals surface area (Å²) in [5.41, 5.74) is 4.43. The van der Waals surface area contributed by atoms with E-state index < -0.39 is 0 Å². The van der Waals surface area contributed by atoms with Crippen molar-refractivity contribution in [3.63, 3.8) is 0 Å².